The molecule has 0 saturated heterocycles. The first-order chi connectivity index (χ1) is 13.1. The maximum absolute atomic E-state index is 12.6. The highest BCUT2D eigenvalue weighted by atomic mass is 32.1. The van der Waals surface area contributed by atoms with Gasteiger partial charge < -0.3 is 4.90 Å². The van der Waals surface area contributed by atoms with Gasteiger partial charge in [0.25, 0.3) is 0 Å². The molecule has 7 heteroatoms. The summed E-state index contributed by atoms with van der Waals surface area (Å²) < 4.78 is 0. The average molecular weight is 382 g/mol. The predicted octanol–water partition coefficient (Wildman–Crippen LogP) is 3.81. The normalized spacial score (nSPS) is 20.1. The van der Waals surface area contributed by atoms with Crippen molar-refractivity contribution in [1.29, 1.82) is 0 Å². The average Bonchev–Trinajstić information content (AvgIpc) is 3.22. The van der Waals surface area contributed by atoms with Crippen LogP contribution < -0.4 is 5.32 Å². The van der Waals surface area contributed by atoms with Crippen LogP contribution in [0, 0.1) is 5.92 Å². The molecule has 1 N–H and O–H groups in total. The summed E-state index contributed by atoms with van der Waals surface area (Å²) >= 11 is 1.59. The van der Waals surface area contributed by atoms with E-state index in [0.29, 0.717) is 12.0 Å². The molecule has 1 amide bonds. The van der Waals surface area contributed by atoms with Crippen molar-refractivity contribution in [2.75, 3.05) is 19.4 Å². The first-order valence-electron chi connectivity index (χ1n) is 9.23. The number of benzene rings is 1. The van der Waals surface area contributed by atoms with Crippen molar-refractivity contribution in [1.82, 2.24) is 19.9 Å². The molecule has 0 atom stereocenters. The molecule has 0 spiro atoms. The van der Waals surface area contributed by atoms with E-state index in [9.17, 15) is 4.79 Å². The summed E-state index contributed by atoms with van der Waals surface area (Å²) in [6.45, 7) is 0. The fourth-order valence-corrected chi connectivity index (χ4v) is 4.28. The Kier molecular flexibility index (Phi) is 5.13. The van der Waals surface area contributed by atoms with Crippen LogP contribution in [0.3, 0.4) is 0 Å². The molecule has 0 bridgehead atoms. The third-order valence-corrected chi connectivity index (χ3v) is 6.15. The summed E-state index contributed by atoms with van der Waals surface area (Å²) in [6.07, 6.45) is 7.55. The van der Waals surface area contributed by atoms with Gasteiger partial charge in [0.2, 0.25) is 11.9 Å². The van der Waals surface area contributed by atoms with Crippen molar-refractivity contribution in [3.8, 4) is 10.4 Å². The lowest BCUT2D eigenvalue weighted by atomic mass is 9.85. The molecule has 1 aliphatic carbocycles. The smallest absolute Gasteiger partial charge is 0.229 e. The summed E-state index contributed by atoms with van der Waals surface area (Å²) in [4.78, 5) is 29.0. The number of amides is 1. The molecule has 1 aliphatic rings. The van der Waals surface area contributed by atoms with E-state index in [2.05, 4.69) is 39.3 Å². The number of carbonyl (C=O) groups excluding carboxylic acids is 1. The first-order valence-corrected chi connectivity index (χ1v) is 10.1. The highest BCUT2D eigenvalue weighted by Crippen LogP contribution is 2.28. The van der Waals surface area contributed by atoms with Crippen LogP contribution in [0.2, 0.25) is 0 Å². The zero-order chi connectivity index (χ0) is 18.8. The predicted molar refractivity (Wildman–Crippen MR) is 109 cm³/mol. The number of nitrogens with zero attached hydrogens (tertiary/aromatic N) is 4. The maximum Gasteiger partial charge on any atom is 0.229 e. The molecule has 27 heavy (non-hydrogen) atoms. The number of anilines is 1. The van der Waals surface area contributed by atoms with Gasteiger partial charge in [-0.3, -0.25) is 15.1 Å². The number of thiazole rings is 1. The molecule has 4 rings (SSSR count). The Labute approximate surface area is 162 Å². The maximum atomic E-state index is 12.6. The minimum absolute atomic E-state index is 0.0326. The minimum atomic E-state index is 0.0326. The number of carbonyl (C=O) groups is 1. The van der Waals surface area contributed by atoms with Crippen LogP contribution in [-0.4, -0.2) is 45.9 Å². The first kappa shape index (κ1) is 18.0. The topological polar surface area (TPSA) is 71.0 Å². The lowest BCUT2D eigenvalue weighted by Gasteiger charge is -2.31. The summed E-state index contributed by atoms with van der Waals surface area (Å²) in [7, 11) is 4.21. The summed E-state index contributed by atoms with van der Waals surface area (Å²) in [6, 6.07) is 6.64. The highest BCUT2D eigenvalue weighted by Gasteiger charge is 2.27. The second-order valence-corrected chi connectivity index (χ2v) is 8.18. The monoisotopic (exact) mass is 381 g/mol. The molecular weight excluding hydrogens is 358 g/mol. The van der Waals surface area contributed by atoms with Crippen LogP contribution in [0.15, 0.2) is 36.1 Å². The van der Waals surface area contributed by atoms with Gasteiger partial charge in [-0.05, 0) is 51.4 Å². The molecule has 3 aromatic rings. The lowest BCUT2D eigenvalue weighted by Crippen LogP contribution is -2.35. The molecule has 1 aromatic carbocycles. The van der Waals surface area contributed by atoms with Crippen molar-refractivity contribution >= 4 is 34.1 Å². The summed E-state index contributed by atoms with van der Waals surface area (Å²) in [5, 5.41) is 3.87. The summed E-state index contributed by atoms with van der Waals surface area (Å²) in [5.74, 6) is 0.456. The molecule has 2 aromatic heterocycles. The van der Waals surface area contributed by atoms with Crippen LogP contribution >= 0.6 is 11.3 Å². The second-order valence-electron chi connectivity index (χ2n) is 7.29. The molecule has 0 radical (unpaired) electrons. The van der Waals surface area contributed by atoms with E-state index in [1.807, 2.05) is 29.9 Å². The van der Waals surface area contributed by atoms with Gasteiger partial charge in [-0.1, -0.05) is 12.1 Å². The van der Waals surface area contributed by atoms with Crippen molar-refractivity contribution in [3.63, 3.8) is 0 Å². The van der Waals surface area contributed by atoms with Gasteiger partial charge in [-0.2, -0.15) is 0 Å². The molecule has 0 aliphatic heterocycles. The van der Waals surface area contributed by atoms with Gasteiger partial charge in [0.15, 0.2) is 0 Å². The van der Waals surface area contributed by atoms with E-state index >= 15 is 0 Å². The largest absolute Gasteiger partial charge is 0.306 e. The quantitative estimate of drug-likeness (QED) is 0.744. The number of fused-ring (bicyclic) bond motifs is 1. The van der Waals surface area contributed by atoms with E-state index < -0.39 is 0 Å². The third-order valence-electron chi connectivity index (χ3n) is 5.33. The Balaban J connectivity index is 1.48. The minimum Gasteiger partial charge on any atom is -0.306 e. The van der Waals surface area contributed by atoms with Crippen molar-refractivity contribution in [2.45, 2.75) is 31.7 Å². The number of hydrogen-bond acceptors (Lipinski definition) is 6. The zero-order valence-corrected chi connectivity index (χ0v) is 16.4. The van der Waals surface area contributed by atoms with E-state index in [0.717, 1.165) is 47.0 Å². The third kappa shape index (κ3) is 3.99. The SMILES string of the molecule is CN(C)[C@H]1CC[C@H](C(=O)Nc2ncc3ccc(-c4cncs4)cc3n2)CC1. The van der Waals surface area contributed by atoms with Crippen LogP contribution in [0.4, 0.5) is 5.95 Å². The Hall–Kier alpha value is -2.38. The van der Waals surface area contributed by atoms with E-state index in [1.165, 1.54) is 0 Å². The van der Waals surface area contributed by atoms with E-state index in [-0.39, 0.29) is 11.8 Å². The van der Waals surface area contributed by atoms with E-state index in [1.54, 1.807) is 17.5 Å². The highest BCUT2D eigenvalue weighted by molar-refractivity contribution is 7.13. The van der Waals surface area contributed by atoms with Crippen LogP contribution in [0.1, 0.15) is 25.7 Å². The van der Waals surface area contributed by atoms with Gasteiger partial charge in [-0.25, -0.2) is 9.97 Å². The number of nitrogens with one attached hydrogen (secondary N) is 1. The van der Waals surface area contributed by atoms with Crippen molar-refractivity contribution < 1.29 is 4.79 Å². The number of aromatic nitrogens is 3. The molecule has 140 valence electrons. The Morgan fingerprint density at radius 1 is 1.19 bits per heavy atom. The van der Waals surface area contributed by atoms with E-state index in [4.69, 9.17) is 0 Å². The van der Waals surface area contributed by atoms with Crippen molar-refractivity contribution in [2.24, 2.45) is 5.92 Å². The fraction of sp³-hybridized carbons (Fsp3) is 0.400. The molecule has 2 heterocycles. The number of rotatable bonds is 4. The molecule has 6 nitrogen and oxygen atoms in total. The van der Waals surface area contributed by atoms with Crippen LogP contribution in [0.5, 0.6) is 0 Å². The van der Waals surface area contributed by atoms with Gasteiger partial charge >= 0.3 is 0 Å². The molecular formula is C20H23N5OS. The van der Waals surface area contributed by atoms with Crippen molar-refractivity contribution in [3.05, 3.63) is 36.1 Å². The molecule has 1 fully saturated rings. The Morgan fingerprint density at radius 2 is 2.00 bits per heavy atom. The van der Waals surface area contributed by atoms with Gasteiger partial charge in [0, 0.05) is 29.7 Å². The van der Waals surface area contributed by atoms with Crippen LogP contribution in [0.25, 0.3) is 21.3 Å². The summed E-state index contributed by atoms with van der Waals surface area (Å²) in [5.41, 5.74) is 3.71. The zero-order valence-electron chi connectivity index (χ0n) is 15.6. The number of hydrogen-bond donors (Lipinski definition) is 1. The Bertz CT molecular complexity index is 933. The molecule has 0 unspecified atom stereocenters. The lowest BCUT2D eigenvalue weighted by molar-refractivity contribution is -0.121. The molecule has 1 saturated carbocycles. The van der Waals surface area contributed by atoms with Gasteiger partial charge in [0.1, 0.15) is 0 Å². The Morgan fingerprint density at radius 3 is 2.70 bits per heavy atom. The fourth-order valence-electron chi connectivity index (χ4n) is 3.66. The van der Waals surface area contributed by atoms with Crippen LogP contribution in [-0.2, 0) is 4.79 Å². The van der Waals surface area contributed by atoms with Gasteiger partial charge in [0.05, 0.1) is 15.9 Å². The standard InChI is InChI=1S/C20H23N5OS/c1-25(2)16-7-5-13(6-8-16)19(26)24-20-22-10-15-4-3-14(9-17(15)23-20)18-11-21-12-27-18/h3-4,9-13,16H,5-8H2,1-2H3,(H,22,23,24,26)/t13-,16-. The van der Waals surface area contributed by atoms with Gasteiger partial charge in [-0.15, -0.1) is 11.3 Å². The second kappa shape index (κ2) is 7.70.